The highest BCUT2D eigenvalue weighted by molar-refractivity contribution is 8.13. The third kappa shape index (κ3) is 2.94. The van der Waals surface area contributed by atoms with Gasteiger partial charge in [0.05, 0.1) is 10.3 Å². The molecule has 0 aromatic heterocycles. The van der Waals surface area contributed by atoms with Crippen LogP contribution < -0.4 is 15.9 Å². The second-order valence-electron chi connectivity index (χ2n) is 5.74. The summed E-state index contributed by atoms with van der Waals surface area (Å²) in [5.41, 5.74) is 0.614. The summed E-state index contributed by atoms with van der Waals surface area (Å²) in [5, 5.41) is 21.8. The van der Waals surface area contributed by atoms with Gasteiger partial charge in [-0.2, -0.15) is 0 Å². The Bertz CT molecular complexity index is 1130. The quantitative estimate of drug-likeness (QED) is 0.610. The zero-order chi connectivity index (χ0) is 19.1. The lowest BCUT2D eigenvalue weighted by molar-refractivity contribution is -0.384. The van der Waals surface area contributed by atoms with Crippen molar-refractivity contribution in [2.75, 3.05) is 6.26 Å². The van der Waals surface area contributed by atoms with E-state index in [1.54, 1.807) is 24.5 Å². The number of carbonyl (C=O) groups excluding carboxylic acids is 1. The van der Waals surface area contributed by atoms with Crippen molar-refractivity contribution < 1.29 is 9.72 Å². The minimum atomic E-state index is -0.796. The van der Waals surface area contributed by atoms with Crippen LogP contribution in [-0.4, -0.2) is 27.3 Å². The Balaban J connectivity index is 2.00. The molecular weight excluding hydrogens is 390 g/mol. The summed E-state index contributed by atoms with van der Waals surface area (Å²) in [5.74, 6) is -0.316. The summed E-state index contributed by atoms with van der Waals surface area (Å²) in [6.45, 7) is 0. The average Bonchev–Trinajstić information content (AvgIpc) is 2.67. The summed E-state index contributed by atoms with van der Waals surface area (Å²) in [6, 6.07) is 11.3. The Morgan fingerprint density at radius 3 is 2.81 bits per heavy atom. The number of benzene rings is 2. The maximum Gasteiger partial charge on any atom is 0.276 e. The Labute approximate surface area is 162 Å². The fraction of sp³-hybridized carbons (Fsp3) is 0.118. The molecule has 8 nitrogen and oxygen atoms in total. The van der Waals surface area contributed by atoms with Crippen LogP contribution in [0.4, 0.5) is 5.69 Å². The van der Waals surface area contributed by atoms with Crippen LogP contribution in [0.15, 0.2) is 52.6 Å². The molecule has 27 heavy (non-hydrogen) atoms. The number of nitrogens with zero attached hydrogens (tertiary/aromatic N) is 4. The zero-order valence-electron chi connectivity index (χ0n) is 13.9. The highest BCUT2D eigenvalue weighted by Gasteiger charge is 2.35. The maximum atomic E-state index is 12.7. The lowest BCUT2D eigenvalue weighted by Gasteiger charge is -2.34. The molecule has 1 N–H and O–H groups in total. The molecule has 0 unspecified atom stereocenters. The molecule has 0 fully saturated rings. The summed E-state index contributed by atoms with van der Waals surface area (Å²) in [4.78, 5) is 28.1. The number of halogens is 1. The first kappa shape index (κ1) is 17.5. The SMILES string of the molecule is CSC1=NN2C(=c3ccccc3=N[C@H]2c2cc([N+](=O)[O-])ccc2Cl)C(=O)N1. The summed E-state index contributed by atoms with van der Waals surface area (Å²) < 4.78 is 0. The molecule has 2 aromatic rings. The van der Waals surface area contributed by atoms with Crippen molar-refractivity contribution >= 4 is 45.8 Å². The normalized spacial score (nSPS) is 18.1. The number of thioether (sulfide) groups is 1. The molecule has 10 heteroatoms. The second-order valence-corrected chi connectivity index (χ2v) is 6.94. The Kier molecular flexibility index (Phi) is 4.33. The monoisotopic (exact) mass is 401 g/mol. The minimum absolute atomic E-state index is 0.111. The number of hydrazone groups is 1. The number of nitrogens with one attached hydrogen (secondary N) is 1. The van der Waals surface area contributed by atoms with Crippen LogP contribution in [-0.2, 0) is 4.79 Å². The molecule has 136 valence electrons. The molecule has 0 bridgehead atoms. The van der Waals surface area contributed by atoms with E-state index < -0.39 is 11.1 Å². The van der Waals surface area contributed by atoms with E-state index in [-0.39, 0.29) is 11.6 Å². The molecule has 1 amide bonds. The Morgan fingerprint density at radius 1 is 1.30 bits per heavy atom. The number of nitro benzene ring substituents is 1. The van der Waals surface area contributed by atoms with E-state index in [1.165, 1.54) is 35.0 Å². The van der Waals surface area contributed by atoms with E-state index in [2.05, 4.69) is 15.4 Å². The van der Waals surface area contributed by atoms with Gasteiger partial charge in [0.15, 0.2) is 11.3 Å². The van der Waals surface area contributed by atoms with Gasteiger partial charge in [0.2, 0.25) is 0 Å². The van der Waals surface area contributed by atoms with Crippen molar-refractivity contribution in [1.29, 1.82) is 0 Å². The third-order valence-electron chi connectivity index (χ3n) is 4.18. The van der Waals surface area contributed by atoms with Crippen LogP contribution in [0.25, 0.3) is 5.70 Å². The molecule has 0 saturated carbocycles. The lowest BCUT2D eigenvalue weighted by atomic mass is 10.1. The fourth-order valence-corrected chi connectivity index (χ4v) is 3.54. The topological polar surface area (TPSA) is 100 Å². The van der Waals surface area contributed by atoms with E-state index in [0.717, 1.165) is 0 Å². The van der Waals surface area contributed by atoms with Crippen LogP contribution in [0.5, 0.6) is 0 Å². The number of para-hydroxylation sites is 1. The lowest BCUT2D eigenvalue weighted by Crippen LogP contribution is -2.50. The molecule has 2 aliphatic rings. The molecule has 1 atom stereocenters. The highest BCUT2D eigenvalue weighted by atomic mass is 35.5. The van der Waals surface area contributed by atoms with E-state index in [1.807, 2.05) is 6.07 Å². The van der Waals surface area contributed by atoms with Gasteiger partial charge >= 0.3 is 0 Å². The molecule has 2 heterocycles. The Hall–Kier alpha value is -2.91. The molecule has 0 radical (unpaired) electrons. The first-order valence-electron chi connectivity index (χ1n) is 7.84. The van der Waals surface area contributed by atoms with Gasteiger partial charge in [-0.15, -0.1) is 5.10 Å². The van der Waals surface area contributed by atoms with Crippen molar-refractivity contribution in [3.63, 3.8) is 0 Å². The van der Waals surface area contributed by atoms with Crippen LogP contribution in [0.2, 0.25) is 5.02 Å². The summed E-state index contributed by atoms with van der Waals surface area (Å²) in [7, 11) is 0. The highest BCUT2D eigenvalue weighted by Crippen LogP contribution is 2.36. The molecule has 0 aliphatic carbocycles. The van der Waals surface area contributed by atoms with E-state index in [9.17, 15) is 14.9 Å². The fourth-order valence-electron chi connectivity index (χ4n) is 2.96. The van der Waals surface area contributed by atoms with Gasteiger partial charge in [-0.05, 0) is 18.4 Å². The number of non-ortho nitro benzene ring substituents is 1. The van der Waals surface area contributed by atoms with Gasteiger partial charge in [0.25, 0.3) is 11.6 Å². The first-order valence-corrected chi connectivity index (χ1v) is 9.44. The van der Waals surface area contributed by atoms with Crippen molar-refractivity contribution in [2.45, 2.75) is 6.17 Å². The van der Waals surface area contributed by atoms with Gasteiger partial charge < -0.3 is 0 Å². The van der Waals surface area contributed by atoms with Crippen LogP contribution >= 0.6 is 23.4 Å². The number of hydrogen-bond donors (Lipinski definition) is 1. The van der Waals surface area contributed by atoms with Gasteiger partial charge in [-0.1, -0.05) is 41.6 Å². The van der Waals surface area contributed by atoms with Crippen molar-refractivity contribution in [3.8, 4) is 0 Å². The maximum absolute atomic E-state index is 12.7. The van der Waals surface area contributed by atoms with Crippen molar-refractivity contribution in [2.24, 2.45) is 10.1 Å². The van der Waals surface area contributed by atoms with Gasteiger partial charge in [-0.3, -0.25) is 25.2 Å². The van der Waals surface area contributed by atoms with Gasteiger partial charge in [-0.25, -0.2) is 5.01 Å². The molecule has 0 saturated heterocycles. The molecular formula is C17H12ClN5O3S. The standard InChI is InChI=1S/C17H12ClN5O3S/c1-27-17-20-16(24)14-10-4-2-3-5-13(10)19-15(22(14)21-17)11-8-9(23(25)26)6-7-12(11)18/h2-8,15H,1H3,(H,20,21,24)/t15-/m1/s1. The van der Waals surface area contributed by atoms with Crippen LogP contribution in [0.3, 0.4) is 0 Å². The number of fused-ring (bicyclic) bond motifs is 2. The van der Waals surface area contributed by atoms with E-state index in [4.69, 9.17) is 11.6 Å². The number of amidine groups is 1. The van der Waals surface area contributed by atoms with Crippen molar-refractivity contribution in [3.05, 3.63) is 73.7 Å². The third-order valence-corrected chi connectivity index (χ3v) is 5.09. The predicted molar refractivity (Wildman–Crippen MR) is 102 cm³/mol. The van der Waals surface area contributed by atoms with Crippen LogP contribution in [0.1, 0.15) is 11.7 Å². The van der Waals surface area contributed by atoms with E-state index >= 15 is 0 Å². The number of amides is 1. The average molecular weight is 402 g/mol. The molecule has 0 spiro atoms. The number of carbonyl (C=O) groups is 1. The number of nitro groups is 1. The van der Waals surface area contributed by atoms with Gasteiger partial charge in [0, 0.05) is 27.9 Å². The molecule has 4 rings (SSSR count). The molecule has 2 aromatic carbocycles. The second kappa shape index (κ2) is 6.67. The smallest absolute Gasteiger partial charge is 0.276 e. The predicted octanol–water partition coefficient (Wildman–Crippen LogP) is 1.75. The number of rotatable bonds is 2. The van der Waals surface area contributed by atoms with Gasteiger partial charge in [0.1, 0.15) is 5.70 Å². The number of hydrogen-bond acceptors (Lipinski definition) is 7. The molecule has 2 aliphatic heterocycles. The summed E-state index contributed by atoms with van der Waals surface area (Å²) >= 11 is 7.60. The zero-order valence-corrected chi connectivity index (χ0v) is 15.5. The Morgan fingerprint density at radius 2 is 2.07 bits per heavy atom. The first-order chi connectivity index (χ1) is 13.0. The summed E-state index contributed by atoms with van der Waals surface area (Å²) in [6.07, 6.45) is 0.990. The van der Waals surface area contributed by atoms with E-state index in [0.29, 0.717) is 32.0 Å². The van der Waals surface area contributed by atoms with Crippen molar-refractivity contribution in [1.82, 2.24) is 10.3 Å². The van der Waals surface area contributed by atoms with Crippen LogP contribution in [0, 0.1) is 10.1 Å². The largest absolute Gasteiger partial charge is 0.298 e. The minimum Gasteiger partial charge on any atom is -0.298 e.